The standard InChI is InChI=1S/C14H21BrN4O/c1-10-6-7-11(15)8-12(10)17-13(20)9-16-14(18(2)3)19(4)5/h6-8H,9H2,1-5H3,(H,17,20). The first-order valence-electron chi connectivity index (χ1n) is 6.26. The lowest BCUT2D eigenvalue weighted by atomic mass is 10.2. The molecule has 0 bridgehead atoms. The summed E-state index contributed by atoms with van der Waals surface area (Å²) < 4.78 is 0.934. The van der Waals surface area contributed by atoms with Crippen LogP contribution in [0, 0.1) is 6.92 Å². The Morgan fingerprint density at radius 2 is 1.85 bits per heavy atom. The Kier molecular flexibility index (Phi) is 6.01. The molecule has 0 aliphatic heterocycles. The molecule has 6 heteroatoms. The number of halogens is 1. The van der Waals surface area contributed by atoms with Crippen LogP contribution in [0.15, 0.2) is 27.7 Å². The first-order valence-corrected chi connectivity index (χ1v) is 7.05. The van der Waals surface area contributed by atoms with Crippen molar-refractivity contribution in [2.24, 2.45) is 4.99 Å². The molecular formula is C14H21BrN4O. The molecule has 0 heterocycles. The van der Waals surface area contributed by atoms with Gasteiger partial charge in [-0.05, 0) is 24.6 Å². The van der Waals surface area contributed by atoms with Crippen LogP contribution >= 0.6 is 15.9 Å². The van der Waals surface area contributed by atoms with Gasteiger partial charge in [-0.1, -0.05) is 22.0 Å². The highest BCUT2D eigenvalue weighted by molar-refractivity contribution is 9.10. The van der Waals surface area contributed by atoms with Crippen molar-refractivity contribution in [1.29, 1.82) is 0 Å². The minimum Gasteiger partial charge on any atom is -0.349 e. The number of rotatable bonds is 3. The van der Waals surface area contributed by atoms with Crippen LogP contribution < -0.4 is 5.32 Å². The van der Waals surface area contributed by atoms with E-state index in [2.05, 4.69) is 26.2 Å². The fourth-order valence-electron chi connectivity index (χ4n) is 1.74. The van der Waals surface area contributed by atoms with Crippen LogP contribution in [0.1, 0.15) is 5.56 Å². The molecule has 1 aromatic rings. The Bertz CT molecular complexity index is 502. The molecule has 1 amide bonds. The number of aliphatic imine (C=N–C) groups is 1. The van der Waals surface area contributed by atoms with E-state index in [4.69, 9.17) is 0 Å². The molecule has 0 saturated heterocycles. The highest BCUT2D eigenvalue weighted by Gasteiger charge is 2.08. The van der Waals surface area contributed by atoms with Gasteiger partial charge < -0.3 is 15.1 Å². The van der Waals surface area contributed by atoms with Crippen LogP contribution in [0.25, 0.3) is 0 Å². The second-order valence-corrected chi connectivity index (χ2v) is 5.83. The van der Waals surface area contributed by atoms with Gasteiger partial charge in [-0.15, -0.1) is 0 Å². The second kappa shape index (κ2) is 7.28. The third-order valence-corrected chi connectivity index (χ3v) is 3.13. The van der Waals surface area contributed by atoms with E-state index in [1.807, 2.05) is 63.1 Å². The lowest BCUT2D eigenvalue weighted by molar-refractivity contribution is -0.114. The van der Waals surface area contributed by atoms with E-state index in [0.29, 0.717) is 0 Å². The van der Waals surface area contributed by atoms with Gasteiger partial charge in [0.2, 0.25) is 5.91 Å². The summed E-state index contributed by atoms with van der Waals surface area (Å²) in [5.41, 5.74) is 1.82. The van der Waals surface area contributed by atoms with Crippen molar-refractivity contribution >= 4 is 33.5 Å². The van der Waals surface area contributed by atoms with E-state index in [1.165, 1.54) is 0 Å². The summed E-state index contributed by atoms with van der Waals surface area (Å²) in [6.45, 7) is 2.05. The lowest BCUT2D eigenvalue weighted by Crippen LogP contribution is -2.36. The molecule has 0 spiro atoms. The number of aryl methyl sites for hydroxylation is 1. The van der Waals surface area contributed by atoms with Crippen molar-refractivity contribution in [3.8, 4) is 0 Å². The third kappa shape index (κ3) is 4.85. The molecule has 0 unspecified atom stereocenters. The van der Waals surface area contributed by atoms with Crippen LogP contribution in [0.4, 0.5) is 5.69 Å². The SMILES string of the molecule is Cc1ccc(Br)cc1NC(=O)CN=C(N(C)C)N(C)C. The molecule has 1 aromatic carbocycles. The van der Waals surface area contributed by atoms with Gasteiger partial charge in [0.05, 0.1) is 0 Å². The largest absolute Gasteiger partial charge is 0.349 e. The first kappa shape index (κ1) is 16.5. The number of nitrogens with one attached hydrogen (secondary N) is 1. The van der Waals surface area contributed by atoms with Gasteiger partial charge in [0, 0.05) is 38.4 Å². The van der Waals surface area contributed by atoms with Gasteiger partial charge in [-0.2, -0.15) is 0 Å². The summed E-state index contributed by atoms with van der Waals surface area (Å²) in [4.78, 5) is 20.0. The molecule has 110 valence electrons. The average molecular weight is 341 g/mol. The van der Waals surface area contributed by atoms with E-state index in [9.17, 15) is 4.79 Å². The predicted octanol–water partition coefficient (Wildman–Crippen LogP) is 2.18. The monoisotopic (exact) mass is 340 g/mol. The quantitative estimate of drug-likeness (QED) is 0.677. The van der Waals surface area contributed by atoms with Crippen LogP contribution in [-0.2, 0) is 4.79 Å². The zero-order chi connectivity index (χ0) is 15.3. The van der Waals surface area contributed by atoms with E-state index in [1.54, 1.807) is 0 Å². The number of guanidine groups is 1. The number of nitrogens with zero attached hydrogens (tertiary/aromatic N) is 3. The Morgan fingerprint density at radius 3 is 2.40 bits per heavy atom. The van der Waals surface area contributed by atoms with Crippen molar-refractivity contribution in [1.82, 2.24) is 9.80 Å². The van der Waals surface area contributed by atoms with Crippen molar-refractivity contribution < 1.29 is 4.79 Å². The summed E-state index contributed by atoms with van der Waals surface area (Å²) in [6, 6.07) is 5.78. The fourth-order valence-corrected chi connectivity index (χ4v) is 2.11. The van der Waals surface area contributed by atoms with Gasteiger partial charge in [0.1, 0.15) is 6.54 Å². The number of benzene rings is 1. The van der Waals surface area contributed by atoms with Gasteiger partial charge in [-0.3, -0.25) is 4.79 Å². The molecule has 0 aliphatic rings. The van der Waals surface area contributed by atoms with Gasteiger partial charge >= 0.3 is 0 Å². The average Bonchev–Trinajstić information content (AvgIpc) is 2.33. The van der Waals surface area contributed by atoms with Gasteiger partial charge in [-0.25, -0.2) is 4.99 Å². The molecule has 0 radical (unpaired) electrons. The summed E-state index contributed by atoms with van der Waals surface area (Å²) in [6.07, 6.45) is 0. The summed E-state index contributed by atoms with van der Waals surface area (Å²) in [5.74, 6) is 0.624. The maximum atomic E-state index is 12.0. The zero-order valence-electron chi connectivity index (χ0n) is 12.6. The third-order valence-electron chi connectivity index (χ3n) is 2.64. The minimum absolute atomic E-state index is 0.0949. The molecule has 0 atom stereocenters. The molecule has 5 nitrogen and oxygen atoms in total. The molecule has 1 N–H and O–H groups in total. The Morgan fingerprint density at radius 1 is 1.25 bits per heavy atom. The molecular weight excluding hydrogens is 320 g/mol. The number of hydrogen-bond acceptors (Lipinski definition) is 2. The predicted molar refractivity (Wildman–Crippen MR) is 87.2 cm³/mol. The topological polar surface area (TPSA) is 47.9 Å². The normalized spacial score (nSPS) is 9.90. The molecule has 0 aliphatic carbocycles. The van der Waals surface area contributed by atoms with Crippen LogP contribution in [-0.4, -0.2) is 56.4 Å². The smallest absolute Gasteiger partial charge is 0.246 e. The highest BCUT2D eigenvalue weighted by atomic mass is 79.9. The maximum Gasteiger partial charge on any atom is 0.246 e. The Hall–Kier alpha value is -1.56. The number of anilines is 1. The van der Waals surface area contributed by atoms with Gasteiger partial charge in [0.25, 0.3) is 0 Å². The molecule has 1 rings (SSSR count). The molecule has 0 aromatic heterocycles. The number of carbonyl (C=O) groups is 1. The van der Waals surface area contributed by atoms with Crippen LogP contribution in [0.5, 0.6) is 0 Å². The Labute approximate surface area is 128 Å². The van der Waals surface area contributed by atoms with E-state index >= 15 is 0 Å². The van der Waals surface area contributed by atoms with Crippen LogP contribution in [0.2, 0.25) is 0 Å². The summed E-state index contributed by atoms with van der Waals surface area (Å²) in [7, 11) is 7.59. The number of carbonyl (C=O) groups excluding carboxylic acids is 1. The van der Waals surface area contributed by atoms with Gasteiger partial charge in [0.15, 0.2) is 5.96 Å². The summed E-state index contributed by atoms with van der Waals surface area (Å²) in [5, 5.41) is 2.87. The van der Waals surface area contributed by atoms with Crippen LogP contribution in [0.3, 0.4) is 0 Å². The molecule has 20 heavy (non-hydrogen) atoms. The first-order chi connectivity index (χ1) is 9.31. The van der Waals surface area contributed by atoms with Crippen molar-refractivity contribution in [2.75, 3.05) is 40.1 Å². The number of hydrogen-bond donors (Lipinski definition) is 1. The van der Waals surface area contributed by atoms with Crippen molar-refractivity contribution in [2.45, 2.75) is 6.92 Å². The Balaban J connectivity index is 2.73. The van der Waals surface area contributed by atoms with E-state index in [-0.39, 0.29) is 12.5 Å². The fraction of sp³-hybridized carbons (Fsp3) is 0.429. The summed E-state index contributed by atoms with van der Waals surface area (Å²) >= 11 is 3.39. The van der Waals surface area contributed by atoms with E-state index in [0.717, 1.165) is 21.7 Å². The molecule has 0 saturated carbocycles. The zero-order valence-corrected chi connectivity index (χ0v) is 14.2. The molecule has 0 fully saturated rings. The van der Waals surface area contributed by atoms with E-state index < -0.39 is 0 Å². The highest BCUT2D eigenvalue weighted by Crippen LogP contribution is 2.20. The second-order valence-electron chi connectivity index (χ2n) is 4.91. The maximum absolute atomic E-state index is 12.0. The van der Waals surface area contributed by atoms with Crippen molar-refractivity contribution in [3.63, 3.8) is 0 Å². The minimum atomic E-state index is -0.132. The van der Waals surface area contributed by atoms with Crippen molar-refractivity contribution in [3.05, 3.63) is 28.2 Å². The number of amides is 1. The lowest BCUT2D eigenvalue weighted by Gasteiger charge is -2.22.